The molecule has 1 saturated heterocycles. The number of quaternary nitrogens is 1. The van der Waals surface area contributed by atoms with Crippen LogP contribution in [0.15, 0.2) is 0 Å². The minimum absolute atomic E-state index is 0.784. The molecule has 12 heavy (non-hydrogen) atoms. The van der Waals surface area contributed by atoms with Crippen molar-refractivity contribution < 1.29 is 4.90 Å². The molecule has 0 saturated carbocycles. The first kappa shape index (κ1) is 7.67. The third-order valence-corrected chi connectivity index (χ3v) is 2.33. The Morgan fingerprint density at radius 3 is 2.75 bits per heavy atom. The van der Waals surface area contributed by atoms with E-state index in [0.717, 1.165) is 12.4 Å². The molecule has 1 aliphatic heterocycles. The summed E-state index contributed by atoms with van der Waals surface area (Å²) in [5.74, 6) is 0.784. The van der Waals surface area contributed by atoms with Crippen LogP contribution in [0.2, 0.25) is 0 Å². The average molecular weight is 167 g/mol. The van der Waals surface area contributed by atoms with Gasteiger partial charge in [0, 0.05) is 0 Å². The van der Waals surface area contributed by atoms with Crippen molar-refractivity contribution in [3.05, 3.63) is 5.82 Å². The van der Waals surface area contributed by atoms with E-state index in [4.69, 9.17) is 0 Å². The predicted molar refractivity (Wildman–Crippen MR) is 41.4 cm³/mol. The second kappa shape index (κ2) is 3.62. The highest BCUT2D eigenvalue weighted by Gasteiger charge is 2.12. The highest BCUT2D eigenvalue weighted by molar-refractivity contribution is 4.69. The Hall–Kier alpha value is -0.970. The molecule has 0 spiro atoms. The quantitative estimate of drug-likeness (QED) is 0.576. The number of nitrogens with zero attached hydrogens (tertiary/aromatic N) is 4. The Morgan fingerprint density at radius 1 is 1.25 bits per heavy atom. The fourth-order valence-corrected chi connectivity index (χ4v) is 1.69. The second-order valence-corrected chi connectivity index (χ2v) is 3.28. The molecule has 66 valence electrons. The summed E-state index contributed by atoms with van der Waals surface area (Å²) in [4.78, 5) is 1.57. The van der Waals surface area contributed by atoms with Gasteiger partial charge in [-0.1, -0.05) is 0 Å². The third-order valence-electron chi connectivity index (χ3n) is 2.33. The number of aromatic nitrogens is 4. The molecule has 0 aliphatic carbocycles. The first-order chi connectivity index (χ1) is 5.95. The lowest BCUT2D eigenvalue weighted by atomic mass is 10.1. The van der Waals surface area contributed by atoms with Gasteiger partial charge in [-0.25, -0.2) is 0 Å². The number of rotatable bonds is 2. The average Bonchev–Trinajstić information content (AvgIpc) is 2.59. The number of hydrogen-bond acceptors (Lipinski definition) is 3. The second-order valence-electron chi connectivity index (χ2n) is 3.28. The van der Waals surface area contributed by atoms with Gasteiger partial charge in [0.2, 0.25) is 0 Å². The summed E-state index contributed by atoms with van der Waals surface area (Å²) in [6.07, 6.45) is 4.04. The minimum atomic E-state index is 0.784. The Bertz CT molecular complexity index is 214. The molecule has 0 aromatic carbocycles. The van der Waals surface area contributed by atoms with Crippen LogP contribution in [0.3, 0.4) is 0 Å². The molecule has 0 radical (unpaired) electrons. The van der Waals surface area contributed by atoms with Crippen LogP contribution in [-0.4, -0.2) is 28.6 Å². The van der Waals surface area contributed by atoms with Crippen LogP contribution in [0.25, 0.3) is 0 Å². The number of likely N-dealkylation sites (tertiary alicyclic amines) is 1. The maximum Gasteiger partial charge on any atom is 0.110 e. The molecule has 5 nitrogen and oxygen atoms in total. The van der Waals surface area contributed by atoms with Gasteiger partial charge >= 0.3 is 0 Å². The smallest absolute Gasteiger partial charge is 0.110 e. The summed E-state index contributed by atoms with van der Waals surface area (Å²) < 4.78 is 0. The molecule has 1 aromatic rings. The van der Waals surface area contributed by atoms with E-state index < -0.39 is 0 Å². The minimum Gasteiger partial charge on any atom is -0.331 e. The molecule has 2 heterocycles. The van der Waals surface area contributed by atoms with Crippen LogP contribution < -0.4 is 10.00 Å². The zero-order chi connectivity index (χ0) is 8.23. The van der Waals surface area contributed by atoms with Gasteiger partial charge < -0.3 is 10.00 Å². The number of nitrogens with one attached hydrogen (secondary N) is 1. The van der Waals surface area contributed by atoms with Crippen LogP contribution in [0, 0.1) is 0 Å². The van der Waals surface area contributed by atoms with Crippen molar-refractivity contribution in [1.29, 1.82) is 0 Å². The Kier molecular flexibility index (Phi) is 2.31. The van der Waals surface area contributed by atoms with Crippen molar-refractivity contribution in [3.8, 4) is 0 Å². The third kappa shape index (κ3) is 1.79. The van der Waals surface area contributed by atoms with Crippen molar-refractivity contribution in [2.24, 2.45) is 0 Å². The van der Waals surface area contributed by atoms with E-state index in [1.54, 1.807) is 4.90 Å². The largest absolute Gasteiger partial charge is 0.331 e. The Morgan fingerprint density at radius 2 is 2.08 bits per heavy atom. The van der Waals surface area contributed by atoms with Gasteiger partial charge in [0.15, 0.2) is 0 Å². The Balaban J connectivity index is 1.86. The maximum absolute atomic E-state index is 3.82. The summed E-state index contributed by atoms with van der Waals surface area (Å²) in [7, 11) is 0. The van der Waals surface area contributed by atoms with Crippen molar-refractivity contribution in [3.63, 3.8) is 0 Å². The standard InChI is InChI=1S/C7H12N5/c1-2-4-12(5-3-1)6-7-8-10-11-9-7/h1-6H2/q-1/p+1. The number of hydrogen-bond donors (Lipinski definition) is 1. The molecular weight excluding hydrogens is 154 g/mol. The summed E-state index contributed by atoms with van der Waals surface area (Å²) in [5, 5.41) is 14.6. The zero-order valence-electron chi connectivity index (χ0n) is 7.03. The fourth-order valence-electron chi connectivity index (χ4n) is 1.69. The first-order valence-corrected chi connectivity index (χ1v) is 4.46. The maximum atomic E-state index is 3.82. The van der Waals surface area contributed by atoms with Gasteiger partial charge in [0.25, 0.3) is 0 Å². The van der Waals surface area contributed by atoms with Crippen LogP contribution in [0.5, 0.6) is 0 Å². The van der Waals surface area contributed by atoms with Crippen molar-refractivity contribution in [2.75, 3.05) is 13.1 Å². The topological polar surface area (TPSA) is 57.2 Å². The molecule has 0 bridgehead atoms. The van der Waals surface area contributed by atoms with Gasteiger partial charge in [-0.2, -0.15) is 5.21 Å². The molecule has 1 fully saturated rings. The summed E-state index contributed by atoms with van der Waals surface area (Å²) >= 11 is 0. The fraction of sp³-hybridized carbons (Fsp3) is 0.857. The highest BCUT2D eigenvalue weighted by atomic mass is 15.5. The summed E-state index contributed by atoms with van der Waals surface area (Å²) in [6, 6.07) is 0. The number of tetrazole rings is 1. The van der Waals surface area contributed by atoms with Crippen molar-refractivity contribution in [2.45, 2.75) is 25.8 Å². The molecule has 2 rings (SSSR count). The lowest BCUT2D eigenvalue weighted by Gasteiger charge is -2.23. The molecule has 1 aromatic heterocycles. The van der Waals surface area contributed by atoms with Gasteiger partial charge in [-0.3, -0.25) is 10.3 Å². The number of piperidine rings is 1. The van der Waals surface area contributed by atoms with E-state index in [2.05, 4.69) is 20.6 Å². The van der Waals surface area contributed by atoms with Gasteiger partial charge in [-0.15, -0.1) is 0 Å². The Labute approximate surface area is 71.1 Å². The summed E-state index contributed by atoms with van der Waals surface area (Å²) in [6.45, 7) is 3.38. The lowest BCUT2D eigenvalue weighted by molar-refractivity contribution is -0.919. The molecule has 0 unspecified atom stereocenters. The van der Waals surface area contributed by atoms with Gasteiger partial charge in [0.05, 0.1) is 18.9 Å². The van der Waals surface area contributed by atoms with E-state index in [1.165, 1.54) is 32.4 Å². The van der Waals surface area contributed by atoms with Crippen LogP contribution >= 0.6 is 0 Å². The monoisotopic (exact) mass is 167 g/mol. The first-order valence-electron chi connectivity index (χ1n) is 4.46. The predicted octanol–water partition coefficient (Wildman–Crippen LogP) is -1.60. The van der Waals surface area contributed by atoms with Crippen LogP contribution in [-0.2, 0) is 6.54 Å². The summed E-state index contributed by atoms with van der Waals surface area (Å²) in [5.41, 5.74) is 0. The van der Waals surface area contributed by atoms with Crippen molar-refractivity contribution >= 4 is 0 Å². The van der Waals surface area contributed by atoms with Crippen molar-refractivity contribution in [1.82, 2.24) is 20.6 Å². The SMILES string of the molecule is C1CC[NH+](Cc2nnn[n-]2)CC1. The van der Waals surface area contributed by atoms with E-state index in [0.29, 0.717) is 0 Å². The molecule has 0 amide bonds. The normalized spacial score (nSPS) is 19.7. The van der Waals surface area contributed by atoms with Gasteiger partial charge in [0.1, 0.15) is 6.54 Å². The molecule has 5 heteroatoms. The highest BCUT2D eigenvalue weighted by Crippen LogP contribution is 1.94. The van der Waals surface area contributed by atoms with E-state index >= 15 is 0 Å². The van der Waals surface area contributed by atoms with E-state index in [-0.39, 0.29) is 0 Å². The van der Waals surface area contributed by atoms with E-state index in [9.17, 15) is 0 Å². The molecule has 0 atom stereocenters. The van der Waals surface area contributed by atoms with Crippen LogP contribution in [0.1, 0.15) is 25.1 Å². The zero-order valence-corrected chi connectivity index (χ0v) is 7.03. The van der Waals surface area contributed by atoms with Gasteiger partial charge in [-0.05, 0) is 19.3 Å². The molecule has 1 aliphatic rings. The van der Waals surface area contributed by atoms with Crippen LogP contribution in [0.4, 0.5) is 0 Å². The van der Waals surface area contributed by atoms with E-state index in [1.807, 2.05) is 0 Å². The lowest BCUT2D eigenvalue weighted by Crippen LogP contribution is -3.11. The molecular formula is C7H13N5. The molecule has 1 N–H and O–H groups in total.